The highest BCUT2D eigenvalue weighted by Crippen LogP contribution is 2.31. The first-order valence-electron chi connectivity index (χ1n) is 7.97. The summed E-state index contributed by atoms with van der Waals surface area (Å²) >= 11 is 0.820. The molecule has 7 heteroatoms. The number of piperidine rings is 1. The summed E-state index contributed by atoms with van der Waals surface area (Å²) in [6, 6.07) is 8.98. The van der Waals surface area contributed by atoms with Gasteiger partial charge in [-0.1, -0.05) is 24.6 Å². The summed E-state index contributed by atoms with van der Waals surface area (Å²) in [4.78, 5) is 40.0. The van der Waals surface area contributed by atoms with Crippen molar-refractivity contribution in [3.63, 3.8) is 0 Å². The van der Waals surface area contributed by atoms with E-state index in [1.54, 1.807) is 12.1 Å². The quantitative estimate of drug-likeness (QED) is 0.850. The maximum Gasteiger partial charge on any atom is 0.294 e. The molecule has 2 fully saturated rings. The van der Waals surface area contributed by atoms with E-state index in [0.717, 1.165) is 37.7 Å². The summed E-state index contributed by atoms with van der Waals surface area (Å²) < 4.78 is 0. The van der Waals surface area contributed by atoms with E-state index in [4.69, 9.17) is 0 Å². The van der Waals surface area contributed by atoms with Gasteiger partial charge in [-0.2, -0.15) is 0 Å². The molecule has 0 aromatic heterocycles. The van der Waals surface area contributed by atoms with E-state index < -0.39 is 11.8 Å². The molecule has 0 radical (unpaired) electrons. The lowest BCUT2D eigenvalue weighted by Crippen LogP contribution is -2.42. The summed E-state index contributed by atoms with van der Waals surface area (Å²) in [7, 11) is 0. The molecular weight excluding hydrogens is 326 g/mol. The van der Waals surface area contributed by atoms with Crippen LogP contribution in [0, 0.1) is 0 Å². The van der Waals surface area contributed by atoms with E-state index in [2.05, 4.69) is 10.2 Å². The lowest BCUT2D eigenvalue weighted by atomic mass is 10.1. The number of imide groups is 1. The molecule has 1 aromatic rings. The topological polar surface area (TPSA) is 69.7 Å². The predicted molar refractivity (Wildman–Crippen MR) is 93.3 cm³/mol. The van der Waals surface area contributed by atoms with E-state index in [1.165, 1.54) is 17.4 Å². The molecule has 0 spiro atoms. The van der Waals surface area contributed by atoms with Crippen LogP contribution in [0.1, 0.15) is 19.3 Å². The molecule has 24 heavy (non-hydrogen) atoms. The number of benzene rings is 1. The van der Waals surface area contributed by atoms with Gasteiger partial charge in [0.25, 0.3) is 11.1 Å². The van der Waals surface area contributed by atoms with Crippen molar-refractivity contribution in [2.45, 2.75) is 19.3 Å². The zero-order valence-electron chi connectivity index (χ0n) is 13.2. The van der Waals surface area contributed by atoms with Gasteiger partial charge >= 0.3 is 0 Å². The number of amides is 3. The van der Waals surface area contributed by atoms with Crippen LogP contribution in [0.15, 0.2) is 41.3 Å². The summed E-state index contributed by atoms with van der Waals surface area (Å²) in [5, 5.41) is 2.36. The van der Waals surface area contributed by atoms with Crippen molar-refractivity contribution in [2.24, 2.45) is 0 Å². The highest BCUT2D eigenvalue weighted by atomic mass is 32.2. The summed E-state index contributed by atoms with van der Waals surface area (Å²) in [6.45, 7) is 2.10. The van der Waals surface area contributed by atoms with Gasteiger partial charge in [0.05, 0.1) is 11.6 Å². The third-order valence-electron chi connectivity index (χ3n) is 3.97. The van der Waals surface area contributed by atoms with Crippen molar-refractivity contribution in [1.82, 2.24) is 9.80 Å². The Morgan fingerprint density at radius 1 is 1.12 bits per heavy atom. The van der Waals surface area contributed by atoms with Crippen LogP contribution in [0.25, 0.3) is 0 Å². The first kappa shape index (κ1) is 16.7. The lowest BCUT2D eigenvalue weighted by Gasteiger charge is -2.29. The Balaban J connectivity index is 1.63. The van der Waals surface area contributed by atoms with Gasteiger partial charge in [0.2, 0.25) is 5.91 Å². The number of thioether (sulfide) groups is 1. The molecule has 126 valence electrons. The molecule has 2 aliphatic heterocycles. The minimum atomic E-state index is -0.412. The van der Waals surface area contributed by atoms with E-state index in [1.807, 2.05) is 18.2 Å². The largest absolute Gasteiger partial charge is 0.322 e. The Hall–Kier alpha value is -2.12. The van der Waals surface area contributed by atoms with Crippen LogP contribution < -0.4 is 5.32 Å². The number of carbonyl (C=O) groups excluding carboxylic acids is 3. The minimum Gasteiger partial charge on any atom is -0.322 e. The highest BCUT2D eigenvalue weighted by molar-refractivity contribution is 8.18. The fraction of sp³-hybridized carbons (Fsp3) is 0.353. The summed E-state index contributed by atoms with van der Waals surface area (Å²) in [5.74, 6) is -0.802. The van der Waals surface area contributed by atoms with Crippen molar-refractivity contribution >= 4 is 34.5 Å². The highest BCUT2D eigenvalue weighted by Gasteiger charge is 2.36. The van der Waals surface area contributed by atoms with Gasteiger partial charge in [-0.05, 0) is 49.8 Å². The molecule has 3 amide bonds. The number of likely N-dealkylation sites (tertiary alicyclic amines) is 1. The van der Waals surface area contributed by atoms with Crippen molar-refractivity contribution in [2.75, 3.05) is 25.1 Å². The number of carbonyl (C=O) groups is 3. The molecule has 0 aliphatic carbocycles. The third kappa shape index (κ3) is 4.04. The van der Waals surface area contributed by atoms with E-state index in [-0.39, 0.29) is 10.1 Å². The van der Waals surface area contributed by atoms with Crippen molar-refractivity contribution in [3.05, 3.63) is 41.3 Å². The van der Waals surface area contributed by atoms with Gasteiger partial charge in [0.1, 0.15) is 0 Å². The van der Waals surface area contributed by atoms with Gasteiger partial charge in [0, 0.05) is 11.8 Å². The van der Waals surface area contributed by atoms with Crippen LogP contribution >= 0.6 is 11.8 Å². The first-order valence-corrected chi connectivity index (χ1v) is 8.79. The Labute approximate surface area is 144 Å². The SMILES string of the molecule is O=C(/C=C1/SC(=O)N(CN2CCCCC2)C1=O)Nc1ccccc1. The molecule has 2 aliphatic rings. The second kappa shape index (κ2) is 7.63. The molecule has 0 saturated carbocycles. The van der Waals surface area contributed by atoms with Crippen molar-refractivity contribution < 1.29 is 14.4 Å². The summed E-state index contributed by atoms with van der Waals surface area (Å²) in [5.41, 5.74) is 0.645. The molecule has 2 saturated heterocycles. The molecule has 2 heterocycles. The molecule has 3 rings (SSSR count). The second-order valence-corrected chi connectivity index (χ2v) is 6.78. The first-order chi connectivity index (χ1) is 11.6. The molecule has 0 atom stereocenters. The number of rotatable bonds is 4. The number of para-hydroxylation sites is 1. The number of nitrogens with zero attached hydrogens (tertiary/aromatic N) is 2. The Morgan fingerprint density at radius 3 is 2.54 bits per heavy atom. The molecule has 1 N–H and O–H groups in total. The van der Waals surface area contributed by atoms with Crippen molar-refractivity contribution in [3.8, 4) is 0 Å². The molecule has 0 unspecified atom stereocenters. The van der Waals surface area contributed by atoms with E-state index in [0.29, 0.717) is 12.4 Å². The van der Waals surface area contributed by atoms with E-state index in [9.17, 15) is 14.4 Å². The lowest BCUT2D eigenvalue weighted by molar-refractivity contribution is -0.124. The standard InChI is InChI=1S/C17H19N3O3S/c21-15(18-13-7-3-1-4-8-13)11-14-16(22)20(17(23)24-14)12-19-9-5-2-6-10-19/h1,3-4,7-8,11H,2,5-6,9-10,12H2,(H,18,21)/b14-11+. The second-order valence-electron chi connectivity index (χ2n) is 5.79. The van der Waals surface area contributed by atoms with Crippen LogP contribution in [0.3, 0.4) is 0 Å². The third-order valence-corrected chi connectivity index (χ3v) is 4.87. The Kier molecular flexibility index (Phi) is 5.32. The van der Waals surface area contributed by atoms with Gasteiger partial charge in [-0.25, -0.2) is 0 Å². The van der Waals surface area contributed by atoms with Gasteiger partial charge < -0.3 is 5.32 Å². The van der Waals surface area contributed by atoms with Crippen LogP contribution in [0.5, 0.6) is 0 Å². The number of hydrogen-bond acceptors (Lipinski definition) is 5. The Morgan fingerprint density at radius 2 is 1.83 bits per heavy atom. The van der Waals surface area contributed by atoms with Crippen LogP contribution in [0.4, 0.5) is 10.5 Å². The molecule has 6 nitrogen and oxygen atoms in total. The zero-order valence-corrected chi connectivity index (χ0v) is 14.1. The number of anilines is 1. The molecule has 0 bridgehead atoms. The smallest absolute Gasteiger partial charge is 0.294 e. The average Bonchev–Trinajstić information content (AvgIpc) is 2.84. The van der Waals surface area contributed by atoms with Crippen LogP contribution in [-0.4, -0.2) is 46.6 Å². The maximum atomic E-state index is 12.4. The minimum absolute atomic E-state index is 0.172. The van der Waals surface area contributed by atoms with Crippen LogP contribution in [-0.2, 0) is 9.59 Å². The normalized spacial score (nSPS) is 20.7. The van der Waals surface area contributed by atoms with Crippen molar-refractivity contribution in [1.29, 1.82) is 0 Å². The monoisotopic (exact) mass is 345 g/mol. The molecule has 1 aromatic carbocycles. The fourth-order valence-electron chi connectivity index (χ4n) is 2.74. The molecular formula is C17H19N3O3S. The van der Waals surface area contributed by atoms with E-state index >= 15 is 0 Å². The zero-order chi connectivity index (χ0) is 16.9. The Bertz CT molecular complexity index is 669. The average molecular weight is 345 g/mol. The van der Waals surface area contributed by atoms with Gasteiger partial charge in [-0.15, -0.1) is 0 Å². The number of nitrogens with one attached hydrogen (secondary N) is 1. The summed E-state index contributed by atoms with van der Waals surface area (Å²) in [6.07, 6.45) is 4.57. The van der Waals surface area contributed by atoms with Gasteiger partial charge in [0.15, 0.2) is 0 Å². The van der Waals surface area contributed by atoms with Gasteiger partial charge in [-0.3, -0.25) is 24.2 Å². The predicted octanol–water partition coefficient (Wildman–Crippen LogP) is 2.65. The maximum absolute atomic E-state index is 12.4. The fourth-order valence-corrected chi connectivity index (χ4v) is 3.54. The van der Waals surface area contributed by atoms with Crippen LogP contribution in [0.2, 0.25) is 0 Å². The number of hydrogen-bond donors (Lipinski definition) is 1.